The fraction of sp³-hybridized carbons (Fsp3) is 0.909. The Morgan fingerprint density at radius 1 is 0.889 bits per heavy atom. The summed E-state index contributed by atoms with van der Waals surface area (Å²) in [5, 5.41) is 3.11. The highest BCUT2D eigenvalue weighted by Crippen LogP contribution is 2.28. The molecule has 0 aromatic carbocycles. The minimum Gasteiger partial charge on any atom is -0.354 e. The molecule has 3 fully saturated rings. The summed E-state index contributed by atoms with van der Waals surface area (Å²) in [4.78, 5) is 30.0. The summed E-state index contributed by atoms with van der Waals surface area (Å²) in [6.07, 6.45) is 13.6. The molecule has 2 saturated heterocycles. The molecule has 0 aromatic heterocycles. The lowest BCUT2D eigenvalue weighted by Crippen LogP contribution is -2.48. The Balaban J connectivity index is 1.36. The number of nitrogens with zero attached hydrogens (tertiary/aromatic N) is 2. The summed E-state index contributed by atoms with van der Waals surface area (Å²) in [7, 11) is 0. The smallest absolute Gasteiger partial charge is 0.242 e. The van der Waals surface area contributed by atoms with E-state index in [-0.39, 0.29) is 23.8 Å². The average Bonchev–Trinajstić information content (AvgIpc) is 3.19. The average molecular weight is 378 g/mol. The lowest BCUT2D eigenvalue weighted by molar-refractivity contribution is -0.142. The van der Waals surface area contributed by atoms with Crippen molar-refractivity contribution in [3.63, 3.8) is 0 Å². The van der Waals surface area contributed by atoms with E-state index in [0.717, 1.165) is 71.0 Å². The van der Waals surface area contributed by atoms with Crippen LogP contribution in [-0.2, 0) is 9.59 Å². The Morgan fingerprint density at radius 2 is 1.67 bits per heavy atom. The molecular weight excluding hydrogens is 338 g/mol. The summed E-state index contributed by atoms with van der Waals surface area (Å²) in [6, 6.07) is 0.493. The molecule has 1 aliphatic carbocycles. The molecule has 0 aromatic rings. The van der Waals surface area contributed by atoms with Gasteiger partial charge in [0, 0.05) is 25.0 Å². The number of piperidine rings is 1. The number of hydrogen-bond acceptors (Lipinski definition) is 3. The normalized spacial score (nSPS) is 27.7. The van der Waals surface area contributed by atoms with Gasteiger partial charge in [-0.1, -0.05) is 25.7 Å². The van der Waals surface area contributed by atoms with Gasteiger partial charge in [0.15, 0.2) is 0 Å². The van der Waals surface area contributed by atoms with Crippen molar-refractivity contribution >= 4 is 11.8 Å². The molecule has 2 aliphatic heterocycles. The van der Waals surface area contributed by atoms with Crippen molar-refractivity contribution in [3.8, 4) is 0 Å². The van der Waals surface area contributed by atoms with Gasteiger partial charge in [-0.05, 0) is 71.4 Å². The Morgan fingerprint density at radius 3 is 2.44 bits per heavy atom. The summed E-state index contributed by atoms with van der Waals surface area (Å²) in [6.45, 7) is 6.21. The van der Waals surface area contributed by atoms with E-state index in [9.17, 15) is 9.59 Å². The van der Waals surface area contributed by atoms with E-state index >= 15 is 0 Å². The summed E-state index contributed by atoms with van der Waals surface area (Å²) >= 11 is 0. The predicted octanol–water partition coefficient (Wildman–Crippen LogP) is 3.33. The second kappa shape index (κ2) is 10.4. The third-order valence-electron chi connectivity index (χ3n) is 6.90. The Hall–Kier alpha value is -1.10. The van der Waals surface area contributed by atoms with Gasteiger partial charge in [0.2, 0.25) is 11.8 Å². The number of carbonyl (C=O) groups excluding carboxylic acids is 2. The van der Waals surface area contributed by atoms with Gasteiger partial charge >= 0.3 is 0 Å². The zero-order valence-electron chi connectivity index (χ0n) is 17.3. The van der Waals surface area contributed by atoms with Crippen LogP contribution in [0.2, 0.25) is 0 Å². The summed E-state index contributed by atoms with van der Waals surface area (Å²) in [5.74, 6) is 0.480. The number of rotatable bonds is 7. The van der Waals surface area contributed by atoms with E-state index in [0.29, 0.717) is 6.04 Å². The zero-order valence-corrected chi connectivity index (χ0v) is 17.3. The van der Waals surface area contributed by atoms with Gasteiger partial charge in [0.1, 0.15) is 6.04 Å². The second-order valence-corrected chi connectivity index (χ2v) is 8.90. The van der Waals surface area contributed by atoms with Crippen molar-refractivity contribution in [2.45, 2.75) is 96.1 Å². The molecule has 5 nitrogen and oxygen atoms in total. The Labute approximate surface area is 165 Å². The Kier molecular flexibility index (Phi) is 7.98. The maximum Gasteiger partial charge on any atom is 0.242 e. The van der Waals surface area contributed by atoms with Crippen LogP contribution >= 0.6 is 0 Å². The fourth-order valence-electron chi connectivity index (χ4n) is 5.15. The molecule has 2 heterocycles. The van der Waals surface area contributed by atoms with Crippen LogP contribution < -0.4 is 5.32 Å². The van der Waals surface area contributed by atoms with Crippen LogP contribution in [0.25, 0.3) is 0 Å². The van der Waals surface area contributed by atoms with Gasteiger partial charge in [-0.15, -0.1) is 0 Å². The van der Waals surface area contributed by atoms with Gasteiger partial charge in [-0.2, -0.15) is 0 Å². The van der Waals surface area contributed by atoms with Gasteiger partial charge in [0.05, 0.1) is 0 Å². The minimum absolute atomic E-state index is 0.0722. The molecule has 5 heteroatoms. The molecule has 0 spiro atoms. The number of likely N-dealkylation sites (tertiary alicyclic amines) is 2. The van der Waals surface area contributed by atoms with Crippen LogP contribution in [0.1, 0.15) is 84.0 Å². The fourth-order valence-corrected chi connectivity index (χ4v) is 5.15. The number of hydrogen-bond donors (Lipinski definition) is 1. The van der Waals surface area contributed by atoms with Crippen LogP contribution in [-0.4, -0.2) is 59.9 Å². The van der Waals surface area contributed by atoms with Crippen LogP contribution in [0.5, 0.6) is 0 Å². The topological polar surface area (TPSA) is 52.7 Å². The lowest BCUT2D eigenvalue weighted by Gasteiger charge is -2.33. The van der Waals surface area contributed by atoms with Crippen LogP contribution in [0.3, 0.4) is 0 Å². The maximum absolute atomic E-state index is 12.8. The van der Waals surface area contributed by atoms with E-state index in [4.69, 9.17) is 0 Å². The highest BCUT2D eigenvalue weighted by atomic mass is 16.2. The van der Waals surface area contributed by atoms with Crippen LogP contribution in [0.15, 0.2) is 0 Å². The highest BCUT2D eigenvalue weighted by Gasteiger charge is 2.37. The van der Waals surface area contributed by atoms with Crippen molar-refractivity contribution in [1.82, 2.24) is 15.1 Å². The molecule has 1 N–H and O–H groups in total. The molecule has 3 aliphatic rings. The monoisotopic (exact) mass is 377 g/mol. The van der Waals surface area contributed by atoms with Crippen LogP contribution in [0, 0.1) is 5.92 Å². The standard InChI is InChI=1S/C22H39N3O2/c1-18-10-5-7-15-24(18)16-8-6-14-23-21(26)20-13-9-17-25(20)22(27)19-11-3-2-4-12-19/h18-20H,2-17H2,1H3,(H,23,26). The van der Waals surface area contributed by atoms with Crippen molar-refractivity contribution in [1.29, 1.82) is 0 Å². The van der Waals surface area contributed by atoms with E-state index in [2.05, 4.69) is 17.1 Å². The third-order valence-corrected chi connectivity index (χ3v) is 6.90. The van der Waals surface area contributed by atoms with Crippen molar-refractivity contribution in [2.75, 3.05) is 26.2 Å². The largest absolute Gasteiger partial charge is 0.354 e. The maximum atomic E-state index is 12.8. The quantitative estimate of drug-likeness (QED) is 0.693. The molecule has 2 atom stereocenters. The first kappa shape index (κ1) is 20.6. The highest BCUT2D eigenvalue weighted by molar-refractivity contribution is 5.89. The molecular formula is C22H39N3O2. The minimum atomic E-state index is -0.221. The first-order chi connectivity index (χ1) is 13.2. The second-order valence-electron chi connectivity index (χ2n) is 8.90. The number of amides is 2. The van der Waals surface area contributed by atoms with Crippen molar-refractivity contribution < 1.29 is 9.59 Å². The summed E-state index contributed by atoms with van der Waals surface area (Å²) in [5.41, 5.74) is 0. The SMILES string of the molecule is CC1CCCCN1CCCCNC(=O)C1CCCN1C(=O)C1CCCCC1. The molecule has 27 heavy (non-hydrogen) atoms. The number of unbranched alkanes of at least 4 members (excludes halogenated alkanes) is 1. The predicted molar refractivity (Wildman–Crippen MR) is 108 cm³/mol. The van der Waals surface area contributed by atoms with Gasteiger partial charge in [-0.25, -0.2) is 0 Å². The molecule has 3 rings (SSSR count). The zero-order chi connectivity index (χ0) is 19.1. The Bertz CT molecular complexity index is 490. The molecule has 1 saturated carbocycles. The van der Waals surface area contributed by atoms with Gasteiger partial charge in [0.25, 0.3) is 0 Å². The first-order valence-corrected chi connectivity index (χ1v) is 11.5. The molecule has 154 valence electrons. The number of nitrogens with one attached hydrogen (secondary N) is 1. The first-order valence-electron chi connectivity index (χ1n) is 11.5. The van der Waals surface area contributed by atoms with E-state index in [1.165, 1.54) is 32.2 Å². The van der Waals surface area contributed by atoms with Gasteiger partial charge in [-0.3, -0.25) is 9.59 Å². The van der Waals surface area contributed by atoms with E-state index in [1.54, 1.807) is 0 Å². The third kappa shape index (κ3) is 5.69. The van der Waals surface area contributed by atoms with Crippen LogP contribution in [0.4, 0.5) is 0 Å². The van der Waals surface area contributed by atoms with E-state index in [1.807, 2.05) is 4.90 Å². The van der Waals surface area contributed by atoms with Crippen molar-refractivity contribution in [2.24, 2.45) is 5.92 Å². The summed E-state index contributed by atoms with van der Waals surface area (Å²) < 4.78 is 0. The lowest BCUT2D eigenvalue weighted by atomic mass is 9.88. The van der Waals surface area contributed by atoms with Gasteiger partial charge < -0.3 is 15.1 Å². The van der Waals surface area contributed by atoms with E-state index < -0.39 is 0 Å². The molecule has 0 bridgehead atoms. The molecule has 2 amide bonds. The van der Waals surface area contributed by atoms with Crippen molar-refractivity contribution in [3.05, 3.63) is 0 Å². The molecule has 0 radical (unpaired) electrons. The molecule has 2 unspecified atom stereocenters. The number of carbonyl (C=O) groups is 2.